The Morgan fingerprint density at radius 1 is 1.07 bits per heavy atom. The molecule has 1 aromatic heterocycles. The second-order valence-corrected chi connectivity index (χ2v) is 6.98. The Morgan fingerprint density at radius 2 is 1.81 bits per heavy atom. The number of hydrogen-bond acceptors (Lipinski definition) is 4. The molecule has 1 N–H and O–H groups in total. The summed E-state index contributed by atoms with van der Waals surface area (Å²) in [6.07, 6.45) is 0.939. The molecular weight excluding hydrogens is 360 g/mol. The Balaban J connectivity index is 1.59. The van der Waals surface area contributed by atoms with Crippen molar-refractivity contribution in [3.05, 3.63) is 82.1 Å². The average molecular weight is 379 g/mol. The number of carbonyl (C=O) groups excluding carboxylic acids is 1. The van der Waals surface area contributed by atoms with Crippen LogP contribution in [0.2, 0.25) is 5.02 Å². The van der Waals surface area contributed by atoms with Crippen molar-refractivity contribution in [2.75, 3.05) is 16.8 Å². The summed E-state index contributed by atoms with van der Waals surface area (Å²) in [5.74, 6) is 0.279. The van der Waals surface area contributed by atoms with Crippen molar-refractivity contribution in [1.82, 2.24) is 9.97 Å². The van der Waals surface area contributed by atoms with E-state index < -0.39 is 0 Å². The fraction of sp³-hybridized carbons (Fsp3) is 0.190. The predicted molar refractivity (Wildman–Crippen MR) is 107 cm³/mol. The van der Waals surface area contributed by atoms with Crippen molar-refractivity contribution in [3.8, 4) is 0 Å². The highest BCUT2D eigenvalue weighted by atomic mass is 35.5. The molecule has 1 aliphatic heterocycles. The highest BCUT2D eigenvalue weighted by Gasteiger charge is 2.20. The van der Waals surface area contributed by atoms with Crippen molar-refractivity contribution in [2.45, 2.75) is 19.9 Å². The quantitative estimate of drug-likeness (QED) is 0.740. The van der Waals surface area contributed by atoms with Gasteiger partial charge in [0.25, 0.3) is 5.91 Å². The summed E-state index contributed by atoms with van der Waals surface area (Å²) in [6.45, 7) is 3.44. The van der Waals surface area contributed by atoms with E-state index in [0.717, 1.165) is 25.2 Å². The molecule has 6 heteroatoms. The first-order valence-electron chi connectivity index (χ1n) is 8.83. The molecule has 2 heterocycles. The van der Waals surface area contributed by atoms with Gasteiger partial charge in [0.2, 0.25) is 5.95 Å². The minimum absolute atomic E-state index is 0.299. The summed E-state index contributed by atoms with van der Waals surface area (Å²) in [6, 6.07) is 17.2. The van der Waals surface area contributed by atoms with Gasteiger partial charge in [0.15, 0.2) is 0 Å². The first-order valence-corrected chi connectivity index (χ1v) is 9.21. The van der Waals surface area contributed by atoms with Crippen molar-refractivity contribution in [3.63, 3.8) is 0 Å². The Morgan fingerprint density at radius 3 is 2.63 bits per heavy atom. The number of aromatic nitrogens is 2. The van der Waals surface area contributed by atoms with E-state index in [0.29, 0.717) is 22.4 Å². The monoisotopic (exact) mass is 378 g/mol. The maximum atomic E-state index is 12.7. The minimum Gasteiger partial charge on any atom is -0.336 e. The second kappa shape index (κ2) is 7.37. The summed E-state index contributed by atoms with van der Waals surface area (Å²) in [4.78, 5) is 23.8. The number of para-hydroxylation sites is 1. The van der Waals surface area contributed by atoms with Gasteiger partial charge in [0, 0.05) is 18.8 Å². The maximum Gasteiger partial charge on any atom is 0.274 e. The van der Waals surface area contributed by atoms with E-state index >= 15 is 0 Å². The number of carbonyl (C=O) groups is 1. The van der Waals surface area contributed by atoms with Gasteiger partial charge in [-0.05, 0) is 42.7 Å². The Bertz CT molecular complexity index is 1000. The molecule has 1 aliphatic rings. The molecule has 1 amide bonds. The van der Waals surface area contributed by atoms with Gasteiger partial charge in [0.05, 0.1) is 10.7 Å². The van der Waals surface area contributed by atoms with Gasteiger partial charge in [0.1, 0.15) is 5.69 Å². The first-order chi connectivity index (χ1) is 13.1. The van der Waals surface area contributed by atoms with Crippen LogP contribution in [0, 0.1) is 6.92 Å². The molecule has 0 spiro atoms. The van der Waals surface area contributed by atoms with Crippen molar-refractivity contribution < 1.29 is 4.79 Å². The van der Waals surface area contributed by atoms with E-state index in [9.17, 15) is 4.79 Å². The van der Waals surface area contributed by atoms with E-state index in [2.05, 4.69) is 38.4 Å². The Labute approximate surface area is 163 Å². The third-order valence-electron chi connectivity index (χ3n) is 4.61. The molecule has 27 heavy (non-hydrogen) atoms. The fourth-order valence-electron chi connectivity index (χ4n) is 3.23. The third-order valence-corrected chi connectivity index (χ3v) is 4.94. The molecule has 0 saturated heterocycles. The number of anilines is 2. The van der Waals surface area contributed by atoms with Gasteiger partial charge in [-0.25, -0.2) is 9.97 Å². The zero-order chi connectivity index (χ0) is 18.8. The lowest BCUT2D eigenvalue weighted by Crippen LogP contribution is -2.32. The SMILES string of the molecule is Cc1cc(C(=O)Nc2ccccc2Cl)nc(N2CCc3ccccc3C2)n1. The van der Waals surface area contributed by atoms with Gasteiger partial charge in [-0.1, -0.05) is 48.0 Å². The molecule has 0 atom stereocenters. The van der Waals surface area contributed by atoms with Gasteiger partial charge < -0.3 is 10.2 Å². The average Bonchev–Trinajstić information content (AvgIpc) is 2.69. The molecule has 136 valence electrons. The van der Waals surface area contributed by atoms with Crippen molar-refractivity contribution in [2.24, 2.45) is 0 Å². The lowest BCUT2D eigenvalue weighted by Gasteiger charge is -2.29. The van der Waals surface area contributed by atoms with Crippen LogP contribution in [0.15, 0.2) is 54.6 Å². The van der Waals surface area contributed by atoms with Gasteiger partial charge in [-0.2, -0.15) is 0 Å². The number of benzene rings is 2. The predicted octanol–water partition coefficient (Wildman–Crippen LogP) is 4.25. The number of fused-ring (bicyclic) bond motifs is 1. The van der Waals surface area contributed by atoms with Crippen LogP contribution in [-0.4, -0.2) is 22.4 Å². The summed E-state index contributed by atoms with van der Waals surface area (Å²) in [5, 5.41) is 3.31. The van der Waals surface area contributed by atoms with E-state index in [4.69, 9.17) is 11.6 Å². The smallest absolute Gasteiger partial charge is 0.274 e. The number of nitrogens with zero attached hydrogens (tertiary/aromatic N) is 3. The van der Waals surface area contributed by atoms with E-state index in [1.807, 2.05) is 25.1 Å². The van der Waals surface area contributed by atoms with Crippen LogP contribution in [0.5, 0.6) is 0 Å². The number of halogens is 1. The highest BCUT2D eigenvalue weighted by Crippen LogP contribution is 2.24. The molecule has 3 aromatic rings. The summed E-state index contributed by atoms with van der Waals surface area (Å²) in [7, 11) is 0. The molecule has 0 bridgehead atoms. The second-order valence-electron chi connectivity index (χ2n) is 6.57. The Hall–Kier alpha value is -2.92. The van der Waals surface area contributed by atoms with E-state index in [-0.39, 0.29) is 5.91 Å². The topological polar surface area (TPSA) is 58.1 Å². The molecule has 0 fully saturated rings. The molecule has 0 aliphatic carbocycles. The van der Waals surface area contributed by atoms with E-state index in [1.165, 1.54) is 11.1 Å². The van der Waals surface area contributed by atoms with Crippen LogP contribution in [0.4, 0.5) is 11.6 Å². The zero-order valence-corrected chi connectivity index (χ0v) is 15.7. The van der Waals surface area contributed by atoms with Crippen LogP contribution >= 0.6 is 11.6 Å². The van der Waals surface area contributed by atoms with Crippen LogP contribution in [0.3, 0.4) is 0 Å². The van der Waals surface area contributed by atoms with Gasteiger partial charge in [-0.15, -0.1) is 0 Å². The zero-order valence-electron chi connectivity index (χ0n) is 14.9. The number of amides is 1. The lowest BCUT2D eigenvalue weighted by atomic mass is 10.0. The lowest BCUT2D eigenvalue weighted by molar-refractivity contribution is 0.102. The van der Waals surface area contributed by atoms with Gasteiger partial charge in [-0.3, -0.25) is 4.79 Å². The minimum atomic E-state index is -0.299. The fourth-order valence-corrected chi connectivity index (χ4v) is 3.41. The number of nitrogens with one attached hydrogen (secondary N) is 1. The van der Waals surface area contributed by atoms with Crippen LogP contribution < -0.4 is 10.2 Å². The normalized spacial score (nSPS) is 13.2. The molecule has 0 saturated carbocycles. The van der Waals surface area contributed by atoms with Crippen molar-refractivity contribution >= 4 is 29.1 Å². The molecule has 5 nitrogen and oxygen atoms in total. The summed E-state index contributed by atoms with van der Waals surface area (Å²) >= 11 is 6.13. The van der Waals surface area contributed by atoms with Gasteiger partial charge >= 0.3 is 0 Å². The number of aryl methyl sites for hydroxylation is 1. The van der Waals surface area contributed by atoms with Crippen LogP contribution in [-0.2, 0) is 13.0 Å². The third kappa shape index (κ3) is 3.78. The number of rotatable bonds is 3. The largest absolute Gasteiger partial charge is 0.336 e. The van der Waals surface area contributed by atoms with Crippen LogP contribution in [0.1, 0.15) is 27.3 Å². The molecule has 0 radical (unpaired) electrons. The Kier molecular flexibility index (Phi) is 4.77. The van der Waals surface area contributed by atoms with Crippen molar-refractivity contribution in [1.29, 1.82) is 0 Å². The van der Waals surface area contributed by atoms with Crippen LogP contribution in [0.25, 0.3) is 0 Å². The summed E-state index contributed by atoms with van der Waals surface area (Å²) in [5.41, 5.74) is 4.28. The molecule has 2 aromatic carbocycles. The first kappa shape index (κ1) is 17.5. The maximum absolute atomic E-state index is 12.7. The molecular formula is C21H19ClN4O. The standard InChI is InChI=1S/C21H19ClN4O/c1-14-12-19(20(27)24-18-9-5-4-8-17(18)22)25-21(23-14)26-11-10-15-6-2-3-7-16(15)13-26/h2-9,12H,10-11,13H2,1H3,(H,24,27). The summed E-state index contributed by atoms with van der Waals surface area (Å²) < 4.78 is 0. The van der Waals surface area contributed by atoms with E-state index in [1.54, 1.807) is 18.2 Å². The highest BCUT2D eigenvalue weighted by molar-refractivity contribution is 6.33. The number of hydrogen-bond donors (Lipinski definition) is 1. The molecule has 4 rings (SSSR count). The molecule has 0 unspecified atom stereocenters.